The molecule has 0 unspecified atom stereocenters. The predicted molar refractivity (Wildman–Crippen MR) is 69.6 cm³/mol. The van der Waals surface area contributed by atoms with Crippen LogP contribution in [0.2, 0.25) is 0 Å². The Bertz CT molecular complexity index is 273. The summed E-state index contributed by atoms with van der Waals surface area (Å²) < 4.78 is 0. The van der Waals surface area contributed by atoms with E-state index in [1.165, 1.54) is 19.3 Å². The molecule has 0 aromatic carbocycles. The lowest BCUT2D eigenvalue weighted by atomic mass is 10.1. The minimum Gasteiger partial charge on any atom is -0.481 e. The van der Waals surface area contributed by atoms with Gasteiger partial charge in [-0.25, -0.2) is 4.79 Å². The first-order valence-corrected chi connectivity index (χ1v) is 6.83. The molecule has 1 heterocycles. The van der Waals surface area contributed by atoms with E-state index < -0.39 is 5.97 Å². The van der Waals surface area contributed by atoms with Crippen molar-refractivity contribution in [3.05, 3.63) is 0 Å². The van der Waals surface area contributed by atoms with E-state index in [-0.39, 0.29) is 12.5 Å². The maximum absolute atomic E-state index is 12.1. The van der Waals surface area contributed by atoms with Crippen molar-refractivity contribution >= 4 is 12.0 Å². The number of amides is 2. The van der Waals surface area contributed by atoms with E-state index in [1.807, 2.05) is 4.90 Å². The lowest BCUT2D eigenvalue weighted by molar-refractivity contribution is -0.137. The fourth-order valence-electron chi connectivity index (χ4n) is 2.24. The second kappa shape index (κ2) is 7.95. The van der Waals surface area contributed by atoms with Crippen LogP contribution in [0.1, 0.15) is 44.9 Å². The predicted octanol–water partition coefficient (Wildman–Crippen LogP) is 2.17. The Hall–Kier alpha value is -1.26. The van der Waals surface area contributed by atoms with E-state index >= 15 is 0 Å². The summed E-state index contributed by atoms with van der Waals surface area (Å²) >= 11 is 0. The summed E-state index contributed by atoms with van der Waals surface area (Å²) in [4.78, 5) is 26.1. The standard InChI is InChI=1S/C13H24N2O3/c1-14(9-7-8-12(16)17)13(18)15-10-5-3-2-4-6-11-15/h2-11H2,1H3,(H,16,17). The Kier molecular flexibility index (Phi) is 6.54. The third-order valence-corrected chi connectivity index (χ3v) is 3.34. The van der Waals surface area contributed by atoms with E-state index in [9.17, 15) is 9.59 Å². The van der Waals surface area contributed by atoms with Gasteiger partial charge in [-0.15, -0.1) is 0 Å². The number of nitrogens with zero attached hydrogens (tertiary/aromatic N) is 2. The molecule has 1 rings (SSSR count). The van der Waals surface area contributed by atoms with Crippen LogP contribution in [0, 0.1) is 0 Å². The second-order valence-electron chi connectivity index (χ2n) is 4.96. The minimum atomic E-state index is -0.804. The Labute approximate surface area is 109 Å². The third-order valence-electron chi connectivity index (χ3n) is 3.34. The highest BCUT2D eigenvalue weighted by Crippen LogP contribution is 2.12. The van der Waals surface area contributed by atoms with Gasteiger partial charge in [-0.3, -0.25) is 4.79 Å². The van der Waals surface area contributed by atoms with Crippen LogP contribution in [0.5, 0.6) is 0 Å². The van der Waals surface area contributed by atoms with Crippen LogP contribution in [0.25, 0.3) is 0 Å². The molecule has 1 saturated heterocycles. The number of likely N-dealkylation sites (tertiary alicyclic amines) is 1. The fourth-order valence-corrected chi connectivity index (χ4v) is 2.24. The maximum Gasteiger partial charge on any atom is 0.319 e. The highest BCUT2D eigenvalue weighted by atomic mass is 16.4. The summed E-state index contributed by atoms with van der Waals surface area (Å²) in [5, 5.41) is 8.57. The molecule has 18 heavy (non-hydrogen) atoms. The van der Waals surface area contributed by atoms with Crippen LogP contribution in [-0.4, -0.2) is 53.6 Å². The molecule has 5 heteroatoms. The number of hydrogen-bond acceptors (Lipinski definition) is 2. The average Bonchev–Trinajstić information content (AvgIpc) is 2.27. The van der Waals surface area contributed by atoms with E-state index in [0.29, 0.717) is 13.0 Å². The molecule has 0 spiro atoms. The summed E-state index contributed by atoms with van der Waals surface area (Å²) in [6.07, 6.45) is 6.47. The Morgan fingerprint density at radius 2 is 1.67 bits per heavy atom. The van der Waals surface area contributed by atoms with Crippen molar-refractivity contribution in [3.8, 4) is 0 Å². The number of carbonyl (C=O) groups excluding carboxylic acids is 1. The van der Waals surface area contributed by atoms with Gasteiger partial charge in [0, 0.05) is 33.1 Å². The molecule has 0 bridgehead atoms. The van der Waals surface area contributed by atoms with Crippen LogP contribution in [0.3, 0.4) is 0 Å². The van der Waals surface area contributed by atoms with Crippen molar-refractivity contribution in [2.75, 3.05) is 26.7 Å². The first-order valence-electron chi connectivity index (χ1n) is 6.83. The van der Waals surface area contributed by atoms with E-state index in [1.54, 1.807) is 11.9 Å². The van der Waals surface area contributed by atoms with Gasteiger partial charge in [-0.2, -0.15) is 0 Å². The average molecular weight is 256 g/mol. The summed E-state index contributed by atoms with van der Waals surface area (Å²) in [5.74, 6) is -0.804. The molecule has 0 aromatic rings. The van der Waals surface area contributed by atoms with E-state index in [4.69, 9.17) is 5.11 Å². The normalized spacial score (nSPS) is 16.8. The number of urea groups is 1. The SMILES string of the molecule is CN(CCCC(=O)O)C(=O)N1CCCCCCC1. The Morgan fingerprint density at radius 3 is 2.22 bits per heavy atom. The van der Waals surface area contributed by atoms with Gasteiger partial charge in [0.25, 0.3) is 0 Å². The third kappa shape index (κ3) is 5.38. The zero-order valence-electron chi connectivity index (χ0n) is 11.2. The highest BCUT2D eigenvalue weighted by molar-refractivity contribution is 5.74. The van der Waals surface area contributed by atoms with Gasteiger partial charge in [-0.1, -0.05) is 19.3 Å². The van der Waals surface area contributed by atoms with E-state index in [0.717, 1.165) is 25.9 Å². The molecule has 104 valence electrons. The van der Waals surface area contributed by atoms with Gasteiger partial charge >= 0.3 is 12.0 Å². The van der Waals surface area contributed by atoms with Gasteiger partial charge in [0.15, 0.2) is 0 Å². The molecule has 1 aliphatic rings. The summed E-state index contributed by atoms with van der Waals surface area (Å²) in [5.41, 5.74) is 0. The summed E-state index contributed by atoms with van der Waals surface area (Å²) in [6, 6.07) is 0.0438. The summed E-state index contributed by atoms with van der Waals surface area (Å²) in [6.45, 7) is 2.19. The van der Waals surface area contributed by atoms with Gasteiger partial charge < -0.3 is 14.9 Å². The topological polar surface area (TPSA) is 60.9 Å². The number of hydrogen-bond donors (Lipinski definition) is 1. The molecular weight excluding hydrogens is 232 g/mol. The Morgan fingerprint density at radius 1 is 1.11 bits per heavy atom. The lowest BCUT2D eigenvalue weighted by Crippen LogP contribution is -2.43. The van der Waals surface area contributed by atoms with Crippen molar-refractivity contribution < 1.29 is 14.7 Å². The van der Waals surface area contributed by atoms with Crippen LogP contribution in [-0.2, 0) is 4.79 Å². The lowest BCUT2D eigenvalue weighted by Gasteiger charge is -2.29. The van der Waals surface area contributed by atoms with Crippen molar-refractivity contribution in [2.45, 2.75) is 44.9 Å². The first-order chi connectivity index (χ1) is 8.61. The van der Waals surface area contributed by atoms with Crippen LogP contribution in [0.15, 0.2) is 0 Å². The Balaban J connectivity index is 2.33. The van der Waals surface area contributed by atoms with Gasteiger partial charge in [0.05, 0.1) is 0 Å². The molecular formula is C13H24N2O3. The zero-order chi connectivity index (χ0) is 13.4. The van der Waals surface area contributed by atoms with Gasteiger partial charge in [0.2, 0.25) is 0 Å². The molecule has 1 fully saturated rings. The monoisotopic (exact) mass is 256 g/mol. The van der Waals surface area contributed by atoms with Gasteiger partial charge in [-0.05, 0) is 19.3 Å². The number of carboxylic acid groups (broad SMARTS) is 1. The number of rotatable bonds is 4. The van der Waals surface area contributed by atoms with E-state index in [2.05, 4.69) is 0 Å². The largest absolute Gasteiger partial charge is 0.481 e. The smallest absolute Gasteiger partial charge is 0.319 e. The second-order valence-corrected chi connectivity index (χ2v) is 4.96. The van der Waals surface area contributed by atoms with Crippen molar-refractivity contribution in [3.63, 3.8) is 0 Å². The first kappa shape index (κ1) is 14.8. The molecule has 0 aromatic heterocycles. The van der Waals surface area contributed by atoms with Crippen LogP contribution < -0.4 is 0 Å². The number of aliphatic carboxylic acids is 1. The molecule has 0 atom stereocenters. The quantitative estimate of drug-likeness (QED) is 0.838. The van der Waals surface area contributed by atoms with Crippen LogP contribution >= 0.6 is 0 Å². The number of carbonyl (C=O) groups is 2. The molecule has 1 aliphatic heterocycles. The summed E-state index contributed by atoms with van der Waals surface area (Å²) in [7, 11) is 1.75. The van der Waals surface area contributed by atoms with Crippen molar-refractivity contribution in [1.82, 2.24) is 9.80 Å². The molecule has 0 radical (unpaired) electrons. The highest BCUT2D eigenvalue weighted by Gasteiger charge is 2.18. The van der Waals surface area contributed by atoms with Gasteiger partial charge in [0.1, 0.15) is 0 Å². The van der Waals surface area contributed by atoms with Crippen molar-refractivity contribution in [1.29, 1.82) is 0 Å². The molecule has 0 saturated carbocycles. The fraction of sp³-hybridized carbons (Fsp3) is 0.846. The minimum absolute atomic E-state index is 0.0438. The van der Waals surface area contributed by atoms with Crippen molar-refractivity contribution in [2.24, 2.45) is 0 Å². The molecule has 1 N–H and O–H groups in total. The molecule has 2 amide bonds. The molecule has 0 aliphatic carbocycles. The maximum atomic E-state index is 12.1. The number of carboxylic acids is 1. The van der Waals surface area contributed by atoms with Crippen LogP contribution in [0.4, 0.5) is 4.79 Å². The zero-order valence-corrected chi connectivity index (χ0v) is 11.2. The molecule has 5 nitrogen and oxygen atoms in total.